The van der Waals surface area contributed by atoms with Crippen LogP contribution in [0.1, 0.15) is 71.6 Å². The van der Waals surface area contributed by atoms with Gasteiger partial charge in [-0.15, -0.1) is 0 Å². The largest absolute Gasteiger partial charge is 0.357 e. The molecule has 1 saturated heterocycles. The quantitative estimate of drug-likeness (QED) is 0.396. The van der Waals surface area contributed by atoms with Crippen LogP contribution in [0.4, 0.5) is 0 Å². The second-order valence-corrected chi connectivity index (χ2v) is 10.5. The van der Waals surface area contributed by atoms with Gasteiger partial charge in [0, 0.05) is 25.0 Å². The Kier molecular flexibility index (Phi) is 9.55. The first-order valence-corrected chi connectivity index (χ1v) is 12.7. The first-order chi connectivity index (χ1) is 13.4. The number of carbonyl (C=O) groups is 1. The fourth-order valence-electron chi connectivity index (χ4n) is 4.07. The zero-order valence-corrected chi connectivity index (χ0v) is 18.3. The Bertz CT molecular complexity index is 615. The highest BCUT2D eigenvalue weighted by Crippen LogP contribution is 2.27. The van der Waals surface area contributed by atoms with Crippen molar-refractivity contribution in [2.45, 2.75) is 83.7 Å². The third kappa shape index (κ3) is 8.80. The Morgan fingerprint density at radius 1 is 1.18 bits per heavy atom. The molecule has 0 aromatic rings. The summed E-state index contributed by atoms with van der Waals surface area (Å²) in [5.74, 6) is 1.72. The van der Waals surface area contributed by atoms with Crippen molar-refractivity contribution in [2.75, 3.05) is 24.6 Å². The molecule has 1 heterocycles. The number of hydrogen-bond acceptors (Lipinski definition) is 4. The summed E-state index contributed by atoms with van der Waals surface area (Å²) < 4.78 is 22.9. The van der Waals surface area contributed by atoms with Crippen LogP contribution >= 0.6 is 0 Å². The monoisotopic (exact) mass is 414 g/mol. The van der Waals surface area contributed by atoms with Gasteiger partial charge in [0.25, 0.3) is 0 Å². The van der Waals surface area contributed by atoms with E-state index >= 15 is 0 Å². The molecule has 0 aromatic heterocycles. The van der Waals surface area contributed by atoms with E-state index in [1.807, 2.05) is 6.92 Å². The highest BCUT2D eigenvalue weighted by molar-refractivity contribution is 7.91. The van der Waals surface area contributed by atoms with Gasteiger partial charge in [-0.3, -0.25) is 9.79 Å². The van der Waals surface area contributed by atoms with Crippen LogP contribution in [0, 0.1) is 5.92 Å². The van der Waals surface area contributed by atoms with Gasteiger partial charge in [-0.25, -0.2) is 8.42 Å². The molecule has 162 valence electrons. The van der Waals surface area contributed by atoms with Gasteiger partial charge >= 0.3 is 0 Å². The summed E-state index contributed by atoms with van der Waals surface area (Å²) in [6.45, 7) is 5.36. The summed E-state index contributed by atoms with van der Waals surface area (Å²) in [6, 6.07) is 0.102. The van der Waals surface area contributed by atoms with Crippen molar-refractivity contribution in [2.24, 2.45) is 10.9 Å². The van der Waals surface area contributed by atoms with Crippen LogP contribution in [-0.4, -0.2) is 57.0 Å². The molecule has 2 unspecified atom stereocenters. The van der Waals surface area contributed by atoms with Gasteiger partial charge in [0.2, 0.25) is 5.91 Å². The number of rotatable bonds is 9. The minimum atomic E-state index is -2.97. The average Bonchev–Trinajstić information content (AvgIpc) is 2.99. The lowest BCUT2D eigenvalue weighted by Gasteiger charge is -2.24. The first kappa shape index (κ1) is 23.0. The smallest absolute Gasteiger partial charge is 0.222 e. The highest BCUT2D eigenvalue weighted by atomic mass is 32.2. The normalized spacial score (nSPS) is 23.9. The molecule has 2 rings (SSSR count). The van der Waals surface area contributed by atoms with Crippen LogP contribution in [0.15, 0.2) is 4.99 Å². The zero-order chi connectivity index (χ0) is 20.4. The summed E-state index contributed by atoms with van der Waals surface area (Å²) in [5.41, 5.74) is 0. The van der Waals surface area contributed by atoms with Crippen molar-refractivity contribution in [1.82, 2.24) is 16.0 Å². The van der Waals surface area contributed by atoms with E-state index in [9.17, 15) is 13.2 Å². The van der Waals surface area contributed by atoms with Crippen molar-refractivity contribution in [3.63, 3.8) is 0 Å². The maximum atomic E-state index is 12.0. The van der Waals surface area contributed by atoms with Crippen LogP contribution in [0.3, 0.4) is 0 Å². The molecule has 1 amide bonds. The predicted molar refractivity (Wildman–Crippen MR) is 114 cm³/mol. The molecule has 1 saturated carbocycles. The van der Waals surface area contributed by atoms with Crippen LogP contribution in [0.2, 0.25) is 0 Å². The number of carbonyl (C=O) groups excluding carboxylic acids is 1. The highest BCUT2D eigenvalue weighted by Gasteiger charge is 2.28. The van der Waals surface area contributed by atoms with E-state index in [4.69, 9.17) is 0 Å². The number of hydrogen-bond donors (Lipinski definition) is 3. The Morgan fingerprint density at radius 3 is 2.57 bits per heavy atom. The zero-order valence-electron chi connectivity index (χ0n) is 17.5. The SMILES string of the molecule is CCNC(=NCCC(=O)NC1CCS(=O)(=O)C1)NC(C)CCC1CCCCC1. The summed E-state index contributed by atoms with van der Waals surface area (Å²) >= 11 is 0. The summed E-state index contributed by atoms with van der Waals surface area (Å²) in [6.07, 6.45) is 10.1. The molecular formula is C20H38N4O3S. The molecular weight excluding hydrogens is 376 g/mol. The van der Waals surface area contributed by atoms with Gasteiger partial charge in [0.15, 0.2) is 15.8 Å². The number of sulfone groups is 1. The molecule has 0 radical (unpaired) electrons. The van der Waals surface area contributed by atoms with E-state index in [0.717, 1.165) is 24.8 Å². The van der Waals surface area contributed by atoms with Crippen molar-refractivity contribution < 1.29 is 13.2 Å². The molecule has 0 spiro atoms. The second-order valence-electron chi connectivity index (χ2n) is 8.30. The van der Waals surface area contributed by atoms with E-state index in [1.54, 1.807) is 0 Å². The molecule has 1 aliphatic heterocycles. The summed E-state index contributed by atoms with van der Waals surface area (Å²) in [4.78, 5) is 16.5. The summed E-state index contributed by atoms with van der Waals surface area (Å²) in [7, 11) is -2.97. The standard InChI is InChI=1S/C20H38N4O3S/c1-3-21-20(23-16(2)9-10-17-7-5-4-6-8-17)22-13-11-19(25)24-18-12-14-28(26,27)15-18/h16-18H,3-15H2,1-2H3,(H,24,25)(H2,21,22,23). The number of aliphatic imine (C=N–C) groups is 1. The molecule has 28 heavy (non-hydrogen) atoms. The van der Waals surface area contributed by atoms with Crippen LogP contribution in [0.5, 0.6) is 0 Å². The van der Waals surface area contributed by atoms with Gasteiger partial charge in [-0.1, -0.05) is 32.1 Å². The predicted octanol–water partition coefficient (Wildman–Crippen LogP) is 1.98. The molecule has 2 aliphatic rings. The molecule has 2 atom stereocenters. The maximum Gasteiger partial charge on any atom is 0.222 e. The maximum absolute atomic E-state index is 12.0. The fourth-order valence-corrected chi connectivity index (χ4v) is 5.74. The van der Waals surface area contributed by atoms with Gasteiger partial charge in [0.05, 0.1) is 18.1 Å². The molecule has 7 nitrogen and oxygen atoms in total. The summed E-state index contributed by atoms with van der Waals surface area (Å²) in [5, 5.41) is 9.49. The molecule has 8 heteroatoms. The third-order valence-electron chi connectivity index (χ3n) is 5.67. The van der Waals surface area contributed by atoms with E-state index in [-0.39, 0.29) is 29.9 Å². The molecule has 0 aromatic carbocycles. The third-order valence-corrected chi connectivity index (χ3v) is 7.43. The number of nitrogens with one attached hydrogen (secondary N) is 3. The average molecular weight is 415 g/mol. The lowest BCUT2D eigenvalue weighted by atomic mass is 9.85. The molecule has 0 bridgehead atoms. The van der Waals surface area contributed by atoms with Crippen LogP contribution in [-0.2, 0) is 14.6 Å². The fraction of sp³-hybridized carbons (Fsp3) is 0.900. The van der Waals surface area contributed by atoms with Gasteiger partial charge in [0.1, 0.15) is 0 Å². The minimum absolute atomic E-state index is 0.0602. The van der Waals surface area contributed by atoms with E-state index in [1.165, 1.54) is 38.5 Å². The van der Waals surface area contributed by atoms with Crippen molar-refractivity contribution in [3.05, 3.63) is 0 Å². The Hall–Kier alpha value is -1.31. The van der Waals surface area contributed by atoms with Crippen molar-refractivity contribution in [3.8, 4) is 0 Å². The topological polar surface area (TPSA) is 99.7 Å². The number of guanidine groups is 1. The lowest BCUT2D eigenvalue weighted by Crippen LogP contribution is -2.42. The minimum Gasteiger partial charge on any atom is -0.357 e. The van der Waals surface area contributed by atoms with Gasteiger partial charge < -0.3 is 16.0 Å². The van der Waals surface area contributed by atoms with Crippen molar-refractivity contribution in [1.29, 1.82) is 0 Å². The molecule has 3 N–H and O–H groups in total. The van der Waals surface area contributed by atoms with Crippen LogP contribution in [0.25, 0.3) is 0 Å². The van der Waals surface area contributed by atoms with Gasteiger partial charge in [-0.2, -0.15) is 0 Å². The Labute approximate surface area is 170 Å². The lowest BCUT2D eigenvalue weighted by molar-refractivity contribution is -0.121. The van der Waals surface area contributed by atoms with E-state index in [0.29, 0.717) is 19.0 Å². The number of nitrogens with zero attached hydrogens (tertiary/aromatic N) is 1. The van der Waals surface area contributed by atoms with Crippen molar-refractivity contribution >= 4 is 21.7 Å². The van der Waals surface area contributed by atoms with Gasteiger partial charge in [-0.05, 0) is 39.0 Å². The Morgan fingerprint density at radius 2 is 1.93 bits per heavy atom. The van der Waals surface area contributed by atoms with E-state index in [2.05, 4.69) is 27.9 Å². The van der Waals surface area contributed by atoms with Crippen LogP contribution < -0.4 is 16.0 Å². The number of amides is 1. The first-order valence-electron chi connectivity index (χ1n) is 10.9. The molecule has 2 fully saturated rings. The second kappa shape index (κ2) is 11.6. The van der Waals surface area contributed by atoms with E-state index < -0.39 is 9.84 Å². The molecule has 1 aliphatic carbocycles. The Balaban J connectivity index is 1.69.